The van der Waals surface area contributed by atoms with Gasteiger partial charge < -0.3 is 16.4 Å². The number of aromatic nitrogens is 1. The van der Waals surface area contributed by atoms with Crippen LogP contribution in [-0.4, -0.2) is 17.9 Å². The van der Waals surface area contributed by atoms with Crippen LogP contribution < -0.4 is 16.4 Å². The number of anilines is 2. The van der Waals surface area contributed by atoms with Crippen LogP contribution in [0.5, 0.6) is 0 Å². The van der Waals surface area contributed by atoms with Crippen LogP contribution in [0.2, 0.25) is 0 Å². The zero-order chi connectivity index (χ0) is 13.1. The minimum Gasteiger partial charge on any atom is -0.382 e. The van der Waals surface area contributed by atoms with Crippen molar-refractivity contribution in [2.45, 2.75) is 13.5 Å². The van der Waals surface area contributed by atoms with Crippen molar-refractivity contribution in [3.63, 3.8) is 0 Å². The average Bonchev–Trinajstić information content (AvgIpc) is 2.92. The molecule has 2 aromatic heterocycles. The lowest BCUT2D eigenvalue weighted by Gasteiger charge is -2.01. The van der Waals surface area contributed by atoms with E-state index in [1.165, 1.54) is 16.2 Å². The summed E-state index contributed by atoms with van der Waals surface area (Å²) in [5, 5.41) is 6.35. The van der Waals surface area contributed by atoms with Crippen molar-refractivity contribution in [1.29, 1.82) is 0 Å². The first kappa shape index (κ1) is 12.8. The van der Waals surface area contributed by atoms with Crippen molar-refractivity contribution in [3.05, 3.63) is 26.8 Å². The van der Waals surface area contributed by atoms with Gasteiger partial charge in [0.2, 0.25) is 0 Å². The number of hydrogen-bond donors (Lipinski definition) is 3. The number of nitrogens with two attached hydrogens (primary N) is 1. The normalized spacial score (nSPS) is 10.3. The molecular formula is C11H14N4OS2. The largest absolute Gasteiger partial charge is 0.382 e. The van der Waals surface area contributed by atoms with Gasteiger partial charge in [0.15, 0.2) is 5.13 Å². The van der Waals surface area contributed by atoms with Crippen molar-refractivity contribution in [1.82, 2.24) is 10.3 Å². The number of nitrogen functional groups attached to an aromatic ring is 1. The molecule has 0 aromatic carbocycles. The zero-order valence-electron chi connectivity index (χ0n) is 10.1. The van der Waals surface area contributed by atoms with E-state index in [4.69, 9.17) is 5.73 Å². The summed E-state index contributed by atoms with van der Waals surface area (Å²) >= 11 is 2.92. The topological polar surface area (TPSA) is 80.0 Å². The van der Waals surface area contributed by atoms with Gasteiger partial charge in [-0.2, -0.15) is 0 Å². The standard InChI is InChI=1S/C11H14N4OS2/c1-6-3-4-7(17-6)5-14-10(16)8-9(12)15-11(13-2)18-8/h3-4H,5,12H2,1-2H3,(H,13,15)(H,14,16). The van der Waals surface area contributed by atoms with E-state index in [1.54, 1.807) is 18.4 Å². The Bertz CT molecular complexity index is 561. The van der Waals surface area contributed by atoms with Crippen molar-refractivity contribution < 1.29 is 4.79 Å². The molecule has 7 heteroatoms. The number of carbonyl (C=O) groups excluding carboxylic acids is 1. The molecule has 0 bridgehead atoms. The van der Waals surface area contributed by atoms with Crippen molar-refractivity contribution in [2.24, 2.45) is 0 Å². The highest BCUT2D eigenvalue weighted by atomic mass is 32.1. The molecule has 2 rings (SSSR count). The third kappa shape index (κ3) is 2.80. The van der Waals surface area contributed by atoms with E-state index in [2.05, 4.69) is 15.6 Å². The Hall–Kier alpha value is -1.60. The number of thiazole rings is 1. The fourth-order valence-electron chi connectivity index (χ4n) is 1.43. The Kier molecular flexibility index (Phi) is 3.83. The Labute approximate surface area is 113 Å². The summed E-state index contributed by atoms with van der Waals surface area (Å²) in [6.45, 7) is 2.56. The maximum atomic E-state index is 11.9. The van der Waals surface area contributed by atoms with E-state index in [9.17, 15) is 4.79 Å². The zero-order valence-corrected chi connectivity index (χ0v) is 11.7. The summed E-state index contributed by atoms with van der Waals surface area (Å²) in [4.78, 5) is 18.8. The minimum absolute atomic E-state index is 0.183. The first-order valence-corrected chi connectivity index (χ1v) is 7.01. The highest BCUT2D eigenvalue weighted by Crippen LogP contribution is 2.24. The molecule has 0 unspecified atom stereocenters. The highest BCUT2D eigenvalue weighted by molar-refractivity contribution is 7.18. The molecule has 18 heavy (non-hydrogen) atoms. The lowest BCUT2D eigenvalue weighted by molar-refractivity contribution is 0.0956. The second kappa shape index (κ2) is 5.36. The Balaban J connectivity index is 2.01. The molecule has 4 N–H and O–H groups in total. The van der Waals surface area contributed by atoms with Gasteiger partial charge in [-0.25, -0.2) is 4.98 Å². The van der Waals surface area contributed by atoms with Crippen LogP contribution in [0.25, 0.3) is 0 Å². The van der Waals surface area contributed by atoms with Crippen LogP contribution >= 0.6 is 22.7 Å². The van der Waals surface area contributed by atoms with Gasteiger partial charge in [-0.05, 0) is 19.1 Å². The summed E-state index contributed by atoms with van der Waals surface area (Å²) in [5.41, 5.74) is 5.69. The number of carbonyl (C=O) groups is 1. The van der Waals surface area contributed by atoms with Gasteiger partial charge in [0.25, 0.3) is 5.91 Å². The molecule has 0 saturated heterocycles. The van der Waals surface area contributed by atoms with Crippen molar-refractivity contribution in [3.8, 4) is 0 Å². The number of aryl methyl sites for hydroxylation is 1. The van der Waals surface area contributed by atoms with Gasteiger partial charge in [-0.3, -0.25) is 4.79 Å². The molecule has 0 aliphatic carbocycles. The summed E-state index contributed by atoms with van der Waals surface area (Å²) in [7, 11) is 1.74. The van der Waals surface area contributed by atoms with Gasteiger partial charge in [-0.1, -0.05) is 11.3 Å². The number of nitrogens with one attached hydrogen (secondary N) is 2. The van der Waals surface area contributed by atoms with Crippen LogP contribution in [0.1, 0.15) is 19.4 Å². The van der Waals surface area contributed by atoms with E-state index in [0.717, 1.165) is 4.88 Å². The van der Waals surface area contributed by atoms with Gasteiger partial charge in [0, 0.05) is 16.8 Å². The molecule has 0 spiro atoms. The van der Waals surface area contributed by atoms with E-state index in [1.807, 2.05) is 19.1 Å². The van der Waals surface area contributed by atoms with Crippen LogP contribution in [-0.2, 0) is 6.54 Å². The number of nitrogens with zero attached hydrogens (tertiary/aromatic N) is 1. The average molecular weight is 282 g/mol. The second-order valence-electron chi connectivity index (χ2n) is 3.68. The van der Waals surface area contributed by atoms with E-state index in [-0.39, 0.29) is 11.7 Å². The summed E-state index contributed by atoms with van der Waals surface area (Å²) < 4.78 is 0. The summed E-state index contributed by atoms with van der Waals surface area (Å²) in [6.07, 6.45) is 0. The third-order valence-electron chi connectivity index (χ3n) is 2.29. The van der Waals surface area contributed by atoms with Crippen LogP contribution in [0, 0.1) is 6.92 Å². The molecule has 0 fully saturated rings. The Morgan fingerprint density at radius 2 is 2.22 bits per heavy atom. The van der Waals surface area contributed by atoms with Crippen LogP contribution in [0.15, 0.2) is 12.1 Å². The SMILES string of the molecule is CNc1nc(N)c(C(=O)NCc2ccc(C)s2)s1. The summed E-state index contributed by atoms with van der Waals surface area (Å²) in [6, 6.07) is 4.04. The predicted molar refractivity (Wildman–Crippen MR) is 76.3 cm³/mol. The first-order valence-electron chi connectivity index (χ1n) is 5.37. The fraction of sp³-hybridized carbons (Fsp3) is 0.273. The van der Waals surface area contributed by atoms with Gasteiger partial charge >= 0.3 is 0 Å². The second-order valence-corrected chi connectivity index (χ2v) is 6.05. The van der Waals surface area contributed by atoms with Gasteiger partial charge in [-0.15, -0.1) is 11.3 Å². The minimum atomic E-state index is -0.183. The lowest BCUT2D eigenvalue weighted by atomic mass is 10.4. The smallest absolute Gasteiger partial charge is 0.265 e. The van der Waals surface area contributed by atoms with Crippen LogP contribution in [0.3, 0.4) is 0 Å². The molecule has 1 amide bonds. The Morgan fingerprint density at radius 1 is 1.44 bits per heavy atom. The number of thiophene rings is 1. The predicted octanol–water partition coefficient (Wildman–Crippen LogP) is 2.07. The maximum absolute atomic E-state index is 11.9. The molecule has 2 aromatic rings. The first-order chi connectivity index (χ1) is 8.60. The van der Waals surface area contributed by atoms with Crippen molar-refractivity contribution in [2.75, 3.05) is 18.1 Å². The maximum Gasteiger partial charge on any atom is 0.265 e. The molecule has 0 saturated carbocycles. The van der Waals surface area contributed by atoms with E-state index < -0.39 is 0 Å². The lowest BCUT2D eigenvalue weighted by Crippen LogP contribution is -2.22. The van der Waals surface area contributed by atoms with E-state index >= 15 is 0 Å². The highest BCUT2D eigenvalue weighted by Gasteiger charge is 2.15. The third-order valence-corrected chi connectivity index (χ3v) is 4.38. The van der Waals surface area contributed by atoms with Crippen molar-refractivity contribution >= 4 is 39.5 Å². The number of hydrogen-bond acceptors (Lipinski definition) is 6. The summed E-state index contributed by atoms with van der Waals surface area (Å²) in [5.74, 6) is 0.0850. The fourth-order valence-corrected chi connectivity index (χ4v) is 3.01. The quantitative estimate of drug-likeness (QED) is 0.802. The molecule has 96 valence electrons. The van der Waals surface area contributed by atoms with Gasteiger partial charge in [0.05, 0.1) is 6.54 Å². The number of rotatable bonds is 4. The molecule has 5 nitrogen and oxygen atoms in total. The monoisotopic (exact) mass is 282 g/mol. The molecule has 2 heterocycles. The molecule has 0 atom stereocenters. The molecule has 0 radical (unpaired) electrons. The Morgan fingerprint density at radius 3 is 2.78 bits per heavy atom. The van der Waals surface area contributed by atoms with Gasteiger partial charge in [0.1, 0.15) is 10.7 Å². The molecular weight excluding hydrogens is 268 g/mol. The molecule has 0 aliphatic rings. The van der Waals surface area contributed by atoms with E-state index in [0.29, 0.717) is 16.6 Å². The molecule has 0 aliphatic heterocycles. The van der Waals surface area contributed by atoms with Crippen LogP contribution in [0.4, 0.5) is 10.9 Å². The number of amides is 1.